The third-order valence-electron chi connectivity index (χ3n) is 3.51. The molecule has 0 radical (unpaired) electrons. The number of hydrogen-bond donors (Lipinski definition) is 3. The molecule has 1 aliphatic rings. The van der Waals surface area contributed by atoms with Crippen molar-refractivity contribution >= 4 is 30.0 Å². The van der Waals surface area contributed by atoms with Crippen LogP contribution in [0.4, 0.5) is 5.82 Å². The fraction of sp³-hybridized carbons (Fsp3) is 0.583. The molecule has 0 spiro atoms. The van der Waals surface area contributed by atoms with Crippen molar-refractivity contribution in [1.82, 2.24) is 9.78 Å². The van der Waals surface area contributed by atoms with Gasteiger partial charge in [-0.05, 0) is 25.3 Å². The number of aromatic nitrogens is 2. The molecule has 112 valence electrons. The molecule has 0 saturated heterocycles. The maximum Gasteiger partial charge on any atom is 0.239 e. The molecule has 1 aliphatic carbocycles. The second-order valence-electron chi connectivity index (χ2n) is 4.89. The minimum absolute atomic E-state index is 0. The maximum atomic E-state index is 12.1. The average molecular weight is 302 g/mol. The maximum absolute atomic E-state index is 12.1. The highest BCUT2D eigenvalue weighted by atomic mass is 35.5. The van der Waals surface area contributed by atoms with Crippen LogP contribution in [0.15, 0.2) is 12.3 Å². The van der Waals surface area contributed by atoms with Gasteiger partial charge in [0.1, 0.15) is 6.54 Å². The van der Waals surface area contributed by atoms with E-state index in [1.807, 2.05) is 0 Å². The lowest BCUT2D eigenvalue weighted by molar-refractivity contribution is -0.121. The molecule has 20 heavy (non-hydrogen) atoms. The van der Waals surface area contributed by atoms with Gasteiger partial charge in [0.25, 0.3) is 0 Å². The van der Waals surface area contributed by atoms with Crippen molar-refractivity contribution in [1.29, 1.82) is 0 Å². The number of amides is 2. The molecule has 1 aromatic rings. The quantitative estimate of drug-likeness (QED) is 0.715. The highest BCUT2D eigenvalue weighted by Crippen LogP contribution is 2.31. The summed E-state index contributed by atoms with van der Waals surface area (Å²) < 4.78 is 1.40. The van der Waals surface area contributed by atoms with Crippen molar-refractivity contribution in [2.45, 2.75) is 25.8 Å². The van der Waals surface area contributed by atoms with Gasteiger partial charge in [-0.15, -0.1) is 12.4 Å². The smallest absolute Gasteiger partial charge is 0.239 e. The molecular weight excluding hydrogens is 282 g/mol. The van der Waals surface area contributed by atoms with Crippen LogP contribution in [-0.2, 0) is 16.1 Å². The summed E-state index contributed by atoms with van der Waals surface area (Å²) in [5.74, 6) is 0.144. The number of nitrogens with one attached hydrogen (secondary N) is 1. The third kappa shape index (κ3) is 3.94. The highest BCUT2D eigenvalue weighted by molar-refractivity contribution is 5.92. The number of nitrogens with two attached hydrogens (primary N) is 2. The summed E-state index contributed by atoms with van der Waals surface area (Å²) in [7, 11) is 0. The first-order chi connectivity index (χ1) is 9.10. The van der Waals surface area contributed by atoms with E-state index in [1.54, 1.807) is 12.3 Å². The monoisotopic (exact) mass is 301 g/mol. The van der Waals surface area contributed by atoms with Crippen LogP contribution < -0.4 is 16.8 Å². The highest BCUT2D eigenvalue weighted by Gasteiger charge is 2.32. The molecule has 2 amide bonds. The van der Waals surface area contributed by atoms with E-state index < -0.39 is 5.91 Å². The van der Waals surface area contributed by atoms with Crippen molar-refractivity contribution in [2.24, 2.45) is 23.3 Å². The van der Waals surface area contributed by atoms with Crippen LogP contribution >= 0.6 is 12.4 Å². The predicted octanol–water partition coefficient (Wildman–Crippen LogP) is 0.104. The number of carbonyl (C=O) groups excluding carboxylic acids is 2. The van der Waals surface area contributed by atoms with Crippen LogP contribution in [-0.4, -0.2) is 28.1 Å². The van der Waals surface area contributed by atoms with Gasteiger partial charge in [0.2, 0.25) is 11.8 Å². The molecule has 1 aromatic heterocycles. The number of nitrogens with zero attached hydrogens (tertiary/aromatic N) is 2. The van der Waals surface area contributed by atoms with Gasteiger partial charge >= 0.3 is 0 Å². The number of halogens is 1. The fourth-order valence-electron chi connectivity index (χ4n) is 2.56. The Morgan fingerprint density at radius 1 is 1.45 bits per heavy atom. The summed E-state index contributed by atoms with van der Waals surface area (Å²) in [6.07, 6.45) is 4.52. The van der Waals surface area contributed by atoms with E-state index in [2.05, 4.69) is 10.4 Å². The average Bonchev–Trinajstić information content (AvgIpc) is 2.96. The second kappa shape index (κ2) is 7.25. The van der Waals surface area contributed by atoms with Crippen LogP contribution in [0, 0.1) is 11.8 Å². The molecule has 5 N–H and O–H groups in total. The Kier molecular flexibility index (Phi) is 5.97. The molecule has 1 fully saturated rings. The summed E-state index contributed by atoms with van der Waals surface area (Å²) in [6, 6.07) is 1.65. The van der Waals surface area contributed by atoms with Gasteiger partial charge < -0.3 is 16.8 Å². The zero-order valence-electron chi connectivity index (χ0n) is 11.1. The lowest BCUT2D eigenvalue weighted by Gasteiger charge is -2.16. The van der Waals surface area contributed by atoms with E-state index in [0.29, 0.717) is 12.4 Å². The normalized spacial score (nSPS) is 21.2. The summed E-state index contributed by atoms with van der Waals surface area (Å²) in [6.45, 7) is 0.541. The molecular formula is C12H20ClN5O2. The fourth-order valence-corrected chi connectivity index (χ4v) is 2.56. The number of carbonyl (C=O) groups is 2. The number of primary amides is 1. The molecule has 7 nitrogen and oxygen atoms in total. The van der Waals surface area contributed by atoms with Crippen molar-refractivity contribution in [2.75, 3.05) is 11.9 Å². The number of rotatable bonds is 5. The first kappa shape index (κ1) is 16.5. The Bertz CT molecular complexity index is 476. The largest absolute Gasteiger partial charge is 0.368 e. The Morgan fingerprint density at radius 2 is 2.20 bits per heavy atom. The summed E-state index contributed by atoms with van der Waals surface area (Å²) >= 11 is 0. The first-order valence-electron chi connectivity index (χ1n) is 6.43. The SMILES string of the molecule is Cl.NC[C@H]1CCC[C@H]1C(=O)Nc1ccn(CC(N)=O)n1. The minimum atomic E-state index is -0.472. The molecule has 0 aromatic carbocycles. The van der Waals surface area contributed by atoms with Crippen molar-refractivity contribution in [3.05, 3.63) is 12.3 Å². The van der Waals surface area contributed by atoms with Gasteiger partial charge in [-0.1, -0.05) is 6.42 Å². The van der Waals surface area contributed by atoms with Gasteiger partial charge in [-0.2, -0.15) is 5.10 Å². The molecule has 0 aliphatic heterocycles. The van der Waals surface area contributed by atoms with Gasteiger partial charge in [0.15, 0.2) is 5.82 Å². The Morgan fingerprint density at radius 3 is 2.85 bits per heavy atom. The van der Waals surface area contributed by atoms with E-state index in [9.17, 15) is 9.59 Å². The first-order valence-corrected chi connectivity index (χ1v) is 6.43. The lowest BCUT2D eigenvalue weighted by atomic mass is 9.95. The van der Waals surface area contributed by atoms with Crippen molar-refractivity contribution in [3.8, 4) is 0 Å². The molecule has 1 saturated carbocycles. The molecule has 0 unspecified atom stereocenters. The van der Waals surface area contributed by atoms with Crippen LogP contribution in [0.5, 0.6) is 0 Å². The van der Waals surface area contributed by atoms with Crippen LogP contribution in [0.3, 0.4) is 0 Å². The summed E-state index contributed by atoms with van der Waals surface area (Å²) in [5.41, 5.74) is 10.7. The minimum Gasteiger partial charge on any atom is -0.368 e. The van der Waals surface area contributed by atoms with E-state index >= 15 is 0 Å². The van der Waals surface area contributed by atoms with E-state index in [-0.39, 0.29) is 36.7 Å². The molecule has 2 atom stereocenters. The Hall–Kier alpha value is -1.60. The van der Waals surface area contributed by atoms with Crippen LogP contribution in [0.1, 0.15) is 19.3 Å². The molecule has 8 heteroatoms. The van der Waals surface area contributed by atoms with Crippen molar-refractivity contribution < 1.29 is 9.59 Å². The molecule has 2 rings (SSSR count). The standard InChI is InChI=1S/C12H19N5O2.ClH/c13-6-8-2-1-3-9(8)12(19)15-11-4-5-17(16-11)7-10(14)18;/h4-5,8-9H,1-3,6-7,13H2,(H2,14,18)(H,15,16,19);1H/t8-,9-;/m1./s1. The van der Waals surface area contributed by atoms with Gasteiger partial charge in [-0.25, -0.2) is 0 Å². The van der Waals surface area contributed by atoms with Crippen molar-refractivity contribution in [3.63, 3.8) is 0 Å². The predicted molar refractivity (Wildman–Crippen MR) is 77.2 cm³/mol. The van der Waals surface area contributed by atoms with Crippen LogP contribution in [0.25, 0.3) is 0 Å². The lowest BCUT2D eigenvalue weighted by Crippen LogP contribution is -2.30. The number of hydrogen-bond acceptors (Lipinski definition) is 4. The summed E-state index contributed by atoms with van der Waals surface area (Å²) in [4.78, 5) is 22.9. The zero-order valence-corrected chi connectivity index (χ0v) is 11.9. The van der Waals surface area contributed by atoms with Gasteiger partial charge in [0.05, 0.1) is 0 Å². The zero-order chi connectivity index (χ0) is 13.8. The van der Waals surface area contributed by atoms with E-state index in [0.717, 1.165) is 19.3 Å². The molecule has 1 heterocycles. The van der Waals surface area contributed by atoms with Gasteiger partial charge in [-0.3, -0.25) is 14.3 Å². The topological polar surface area (TPSA) is 116 Å². The Balaban J connectivity index is 0.00000200. The van der Waals surface area contributed by atoms with E-state index in [4.69, 9.17) is 11.5 Å². The van der Waals surface area contributed by atoms with Gasteiger partial charge in [0, 0.05) is 18.2 Å². The van der Waals surface area contributed by atoms with Crippen LogP contribution in [0.2, 0.25) is 0 Å². The number of anilines is 1. The Labute approximate surface area is 123 Å². The second-order valence-corrected chi connectivity index (χ2v) is 4.89. The third-order valence-corrected chi connectivity index (χ3v) is 3.51. The van der Waals surface area contributed by atoms with E-state index in [1.165, 1.54) is 4.68 Å². The molecule has 0 bridgehead atoms. The summed E-state index contributed by atoms with van der Waals surface area (Å²) in [5, 5.41) is 6.83.